The second-order valence-corrected chi connectivity index (χ2v) is 5.05. The zero-order chi connectivity index (χ0) is 17.7. The molecule has 8 heteroatoms. The van der Waals surface area contributed by atoms with Gasteiger partial charge in [-0.25, -0.2) is 0 Å². The molecule has 0 fully saturated rings. The number of nitrogens with one attached hydrogen (secondary N) is 3. The molecule has 0 saturated heterocycles. The summed E-state index contributed by atoms with van der Waals surface area (Å²) in [5.74, 6) is -1.32. The van der Waals surface area contributed by atoms with Gasteiger partial charge in [0.05, 0.1) is 13.1 Å². The molecule has 0 heterocycles. The summed E-state index contributed by atoms with van der Waals surface area (Å²) in [4.78, 5) is 56.6. The molecule has 0 aromatic carbocycles. The molecule has 0 aromatic rings. The SMILES string of the molecule is CCCC(=O)NCC(=O)CCC(=O)NCC(=O)CCC(=O)NC. The first-order valence-electron chi connectivity index (χ1n) is 7.66. The van der Waals surface area contributed by atoms with Crippen LogP contribution in [0.25, 0.3) is 0 Å². The highest BCUT2D eigenvalue weighted by Crippen LogP contribution is 1.94. The van der Waals surface area contributed by atoms with Gasteiger partial charge in [-0.2, -0.15) is 0 Å². The number of hydrogen-bond donors (Lipinski definition) is 3. The van der Waals surface area contributed by atoms with Gasteiger partial charge in [0.25, 0.3) is 0 Å². The van der Waals surface area contributed by atoms with Crippen molar-refractivity contribution >= 4 is 29.3 Å². The van der Waals surface area contributed by atoms with Gasteiger partial charge in [-0.15, -0.1) is 0 Å². The predicted octanol–water partition coefficient (Wildman–Crippen LogP) is -0.536. The number of amides is 3. The minimum Gasteiger partial charge on any atom is -0.359 e. The van der Waals surface area contributed by atoms with E-state index in [2.05, 4.69) is 16.0 Å². The summed E-state index contributed by atoms with van der Waals surface area (Å²) in [6, 6.07) is 0. The molecule has 0 aliphatic carbocycles. The maximum atomic E-state index is 11.5. The van der Waals surface area contributed by atoms with Gasteiger partial charge in [-0.3, -0.25) is 24.0 Å². The quantitative estimate of drug-likeness (QED) is 0.444. The fourth-order valence-electron chi connectivity index (χ4n) is 1.61. The molecule has 8 nitrogen and oxygen atoms in total. The smallest absolute Gasteiger partial charge is 0.220 e. The lowest BCUT2D eigenvalue weighted by Gasteiger charge is -2.05. The van der Waals surface area contributed by atoms with Gasteiger partial charge in [0.2, 0.25) is 17.7 Å². The van der Waals surface area contributed by atoms with E-state index in [1.54, 1.807) is 0 Å². The third-order valence-corrected chi connectivity index (χ3v) is 2.98. The molecule has 0 aliphatic rings. The van der Waals surface area contributed by atoms with E-state index in [9.17, 15) is 24.0 Å². The number of ketones is 2. The molecule has 0 rings (SSSR count). The minimum atomic E-state index is -0.411. The number of carbonyl (C=O) groups excluding carboxylic acids is 5. The molecule has 0 atom stereocenters. The zero-order valence-electron chi connectivity index (χ0n) is 13.7. The van der Waals surface area contributed by atoms with Crippen LogP contribution in [0.1, 0.15) is 45.4 Å². The molecule has 3 N–H and O–H groups in total. The summed E-state index contributed by atoms with van der Waals surface area (Å²) in [7, 11) is 1.48. The van der Waals surface area contributed by atoms with E-state index in [0.717, 1.165) is 0 Å². The average Bonchev–Trinajstić information content (AvgIpc) is 2.54. The van der Waals surface area contributed by atoms with Gasteiger partial charge in [0, 0.05) is 39.2 Å². The summed E-state index contributed by atoms with van der Waals surface area (Å²) in [6.07, 6.45) is 1.18. The molecule has 0 unspecified atom stereocenters. The van der Waals surface area contributed by atoms with Crippen LogP contribution < -0.4 is 16.0 Å². The number of hydrogen-bond acceptors (Lipinski definition) is 5. The molecule has 0 aromatic heterocycles. The second-order valence-electron chi connectivity index (χ2n) is 5.05. The first-order chi connectivity index (χ1) is 10.9. The summed E-state index contributed by atoms with van der Waals surface area (Å²) < 4.78 is 0. The van der Waals surface area contributed by atoms with Crippen molar-refractivity contribution in [1.29, 1.82) is 0 Å². The Labute approximate surface area is 135 Å². The zero-order valence-corrected chi connectivity index (χ0v) is 13.7. The predicted molar refractivity (Wildman–Crippen MR) is 83.5 cm³/mol. The Balaban J connectivity index is 3.77. The van der Waals surface area contributed by atoms with Crippen LogP contribution in [0.5, 0.6) is 0 Å². The Morgan fingerprint density at radius 3 is 1.52 bits per heavy atom. The Bertz CT molecular complexity index is 448. The van der Waals surface area contributed by atoms with Crippen molar-refractivity contribution in [1.82, 2.24) is 16.0 Å². The lowest BCUT2D eigenvalue weighted by Crippen LogP contribution is -2.32. The Hall–Kier alpha value is -2.25. The molecular weight excluding hydrogens is 302 g/mol. The maximum Gasteiger partial charge on any atom is 0.220 e. The lowest BCUT2D eigenvalue weighted by molar-refractivity contribution is -0.128. The Morgan fingerprint density at radius 1 is 0.652 bits per heavy atom. The third kappa shape index (κ3) is 12.0. The van der Waals surface area contributed by atoms with Gasteiger partial charge in [-0.05, 0) is 6.42 Å². The van der Waals surface area contributed by atoms with Gasteiger partial charge in [-0.1, -0.05) is 6.92 Å². The highest BCUT2D eigenvalue weighted by molar-refractivity contribution is 5.91. The summed E-state index contributed by atoms with van der Waals surface area (Å²) in [5, 5.41) is 7.28. The summed E-state index contributed by atoms with van der Waals surface area (Å²) in [5.41, 5.74) is 0. The number of Topliss-reactive ketones (excluding diaryl/α,β-unsaturated/α-hetero) is 2. The van der Waals surface area contributed by atoms with Crippen molar-refractivity contribution in [2.45, 2.75) is 45.4 Å². The lowest BCUT2D eigenvalue weighted by atomic mass is 10.2. The van der Waals surface area contributed by atoms with Crippen LogP contribution >= 0.6 is 0 Å². The molecule has 130 valence electrons. The van der Waals surface area contributed by atoms with Crippen molar-refractivity contribution < 1.29 is 24.0 Å². The standard InChI is InChI=1S/C15H25N3O5/c1-3-4-14(22)17-9-12(20)6-8-15(23)18-10-11(19)5-7-13(21)16-2/h3-10H2,1-2H3,(H,16,21)(H,17,22)(H,18,23). The fourth-order valence-corrected chi connectivity index (χ4v) is 1.61. The van der Waals surface area contributed by atoms with Crippen LogP contribution in [-0.2, 0) is 24.0 Å². The first kappa shape index (κ1) is 20.8. The van der Waals surface area contributed by atoms with Crippen molar-refractivity contribution in [2.75, 3.05) is 20.1 Å². The third-order valence-electron chi connectivity index (χ3n) is 2.98. The number of rotatable bonds is 12. The normalized spacial score (nSPS) is 9.83. The van der Waals surface area contributed by atoms with Crippen LogP contribution in [0.3, 0.4) is 0 Å². The topological polar surface area (TPSA) is 121 Å². The highest BCUT2D eigenvalue weighted by Gasteiger charge is 2.10. The van der Waals surface area contributed by atoms with Crippen LogP contribution in [-0.4, -0.2) is 49.4 Å². The van der Waals surface area contributed by atoms with Gasteiger partial charge in [0.1, 0.15) is 0 Å². The molecule has 0 radical (unpaired) electrons. The van der Waals surface area contributed by atoms with Gasteiger partial charge in [0.15, 0.2) is 11.6 Å². The molecular formula is C15H25N3O5. The van der Waals surface area contributed by atoms with E-state index in [4.69, 9.17) is 0 Å². The minimum absolute atomic E-state index is 0.00463. The van der Waals surface area contributed by atoms with Gasteiger partial charge < -0.3 is 16.0 Å². The maximum absolute atomic E-state index is 11.5. The van der Waals surface area contributed by atoms with E-state index in [-0.39, 0.29) is 62.2 Å². The monoisotopic (exact) mass is 327 g/mol. The Kier molecular flexibility index (Phi) is 11.1. The summed E-state index contributed by atoms with van der Waals surface area (Å²) in [6.45, 7) is 1.62. The van der Waals surface area contributed by atoms with E-state index < -0.39 is 5.91 Å². The highest BCUT2D eigenvalue weighted by atomic mass is 16.2. The van der Waals surface area contributed by atoms with Crippen molar-refractivity contribution in [3.63, 3.8) is 0 Å². The Morgan fingerprint density at radius 2 is 1.09 bits per heavy atom. The molecule has 0 bridgehead atoms. The molecule has 23 heavy (non-hydrogen) atoms. The van der Waals surface area contributed by atoms with E-state index in [0.29, 0.717) is 12.8 Å². The molecule has 0 saturated carbocycles. The molecule has 3 amide bonds. The molecule has 0 spiro atoms. The second kappa shape index (κ2) is 12.3. The number of carbonyl (C=O) groups is 5. The van der Waals surface area contributed by atoms with Crippen LogP contribution in [0.2, 0.25) is 0 Å². The summed E-state index contributed by atoms with van der Waals surface area (Å²) >= 11 is 0. The largest absolute Gasteiger partial charge is 0.359 e. The fraction of sp³-hybridized carbons (Fsp3) is 0.667. The molecule has 0 aliphatic heterocycles. The van der Waals surface area contributed by atoms with Crippen molar-refractivity contribution in [3.05, 3.63) is 0 Å². The van der Waals surface area contributed by atoms with E-state index in [1.165, 1.54) is 7.05 Å². The van der Waals surface area contributed by atoms with Crippen LogP contribution in [0.4, 0.5) is 0 Å². The van der Waals surface area contributed by atoms with E-state index >= 15 is 0 Å². The van der Waals surface area contributed by atoms with Crippen LogP contribution in [0.15, 0.2) is 0 Å². The average molecular weight is 327 g/mol. The van der Waals surface area contributed by atoms with Crippen molar-refractivity contribution in [3.8, 4) is 0 Å². The van der Waals surface area contributed by atoms with Crippen LogP contribution in [0, 0.1) is 0 Å². The van der Waals surface area contributed by atoms with Crippen molar-refractivity contribution in [2.24, 2.45) is 0 Å². The van der Waals surface area contributed by atoms with Gasteiger partial charge >= 0.3 is 0 Å². The van der Waals surface area contributed by atoms with E-state index in [1.807, 2.05) is 6.92 Å². The first-order valence-corrected chi connectivity index (χ1v) is 7.66.